The van der Waals surface area contributed by atoms with Crippen LogP contribution >= 0.6 is 24.0 Å². The van der Waals surface area contributed by atoms with Crippen LogP contribution in [-0.4, -0.2) is 45.2 Å². The number of nitrogens with one attached hydrogen (secondary N) is 2. The van der Waals surface area contributed by atoms with Crippen LogP contribution in [0.2, 0.25) is 0 Å². The maximum absolute atomic E-state index is 13.9. The van der Waals surface area contributed by atoms with Gasteiger partial charge in [0.2, 0.25) is 0 Å². The molecule has 3 rings (SSSR count). The highest BCUT2D eigenvalue weighted by molar-refractivity contribution is 14.0. The van der Waals surface area contributed by atoms with Crippen LogP contribution in [0.3, 0.4) is 0 Å². The van der Waals surface area contributed by atoms with Gasteiger partial charge in [0.1, 0.15) is 11.6 Å². The summed E-state index contributed by atoms with van der Waals surface area (Å²) in [6.45, 7) is 2.75. The van der Waals surface area contributed by atoms with Gasteiger partial charge >= 0.3 is 0 Å². The number of benzene rings is 2. The number of rotatable bonds is 7. The van der Waals surface area contributed by atoms with Gasteiger partial charge in [-0.3, -0.25) is 4.99 Å². The highest BCUT2D eigenvalue weighted by Crippen LogP contribution is 2.25. The third-order valence-corrected chi connectivity index (χ3v) is 4.74. The zero-order valence-corrected chi connectivity index (χ0v) is 19.6. The van der Waals surface area contributed by atoms with Crippen molar-refractivity contribution in [2.24, 2.45) is 4.99 Å². The first-order chi connectivity index (χ1) is 13.5. The topological polar surface area (TPSA) is 48.9 Å². The zero-order chi connectivity index (χ0) is 19.9. The first-order valence-corrected chi connectivity index (χ1v) is 9.66. The predicted octanol–water partition coefficient (Wildman–Crippen LogP) is 3.35. The highest BCUT2D eigenvalue weighted by Gasteiger charge is 2.12. The molecule has 0 saturated carbocycles. The molecule has 0 saturated heterocycles. The van der Waals surface area contributed by atoms with Crippen LogP contribution in [0.1, 0.15) is 22.3 Å². The number of fused-ring (bicyclic) bond motifs is 1. The van der Waals surface area contributed by atoms with Crippen molar-refractivity contribution in [1.82, 2.24) is 15.5 Å². The van der Waals surface area contributed by atoms with E-state index in [-0.39, 0.29) is 29.8 Å². The van der Waals surface area contributed by atoms with E-state index in [1.807, 2.05) is 25.1 Å². The van der Waals surface area contributed by atoms with Gasteiger partial charge in [-0.25, -0.2) is 4.39 Å². The Bertz CT molecular complexity index is 842. The van der Waals surface area contributed by atoms with Gasteiger partial charge in [-0.05, 0) is 55.4 Å². The third-order valence-electron chi connectivity index (χ3n) is 4.74. The fraction of sp³-hybridized carbons (Fsp3) is 0.409. The first-order valence-electron chi connectivity index (χ1n) is 9.66. The molecule has 1 heterocycles. The quantitative estimate of drug-likeness (QED) is 0.340. The van der Waals surface area contributed by atoms with Gasteiger partial charge in [-0.1, -0.05) is 18.2 Å². The maximum Gasteiger partial charge on any atom is 0.191 e. The van der Waals surface area contributed by atoms with Gasteiger partial charge in [0.25, 0.3) is 0 Å². The van der Waals surface area contributed by atoms with Crippen LogP contribution < -0.4 is 15.4 Å². The van der Waals surface area contributed by atoms with E-state index in [9.17, 15) is 4.39 Å². The second-order valence-electron chi connectivity index (χ2n) is 7.31. The summed E-state index contributed by atoms with van der Waals surface area (Å²) in [6, 6.07) is 11.6. The van der Waals surface area contributed by atoms with Crippen molar-refractivity contribution in [3.05, 3.63) is 64.5 Å². The molecular formula is C22H30FIN4O. The summed E-state index contributed by atoms with van der Waals surface area (Å²) in [5, 5.41) is 6.64. The SMILES string of the molecule is CN=C(NCCc1ccc2c(c1)CCO2)NCc1ccc(F)c(CN(C)C)c1.I. The molecule has 0 aliphatic carbocycles. The van der Waals surface area contributed by atoms with Crippen molar-refractivity contribution < 1.29 is 9.13 Å². The third kappa shape index (κ3) is 6.85. The molecule has 0 radical (unpaired) electrons. The van der Waals surface area contributed by atoms with E-state index in [0.29, 0.717) is 18.7 Å². The summed E-state index contributed by atoms with van der Waals surface area (Å²) in [6.07, 6.45) is 1.91. The second-order valence-corrected chi connectivity index (χ2v) is 7.31. The Morgan fingerprint density at radius 1 is 1.14 bits per heavy atom. The molecule has 0 unspecified atom stereocenters. The normalized spacial score (nSPS) is 12.9. The Morgan fingerprint density at radius 2 is 1.93 bits per heavy atom. The minimum Gasteiger partial charge on any atom is -0.493 e. The number of ether oxygens (including phenoxy) is 1. The lowest BCUT2D eigenvalue weighted by Crippen LogP contribution is -2.37. The summed E-state index contributed by atoms with van der Waals surface area (Å²) in [4.78, 5) is 6.23. The van der Waals surface area contributed by atoms with E-state index in [2.05, 4.69) is 33.8 Å². The van der Waals surface area contributed by atoms with E-state index < -0.39 is 0 Å². The van der Waals surface area contributed by atoms with Gasteiger partial charge in [-0.2, -0.15) is 0 Å². The molecule has 0 fully saturated rings. The maximum atomic E-state index is 13.9. The average molecular weight is 512 g/mol. The smallest absolute Gasteiger partial charge is 0.191 e. The lowest BCUT2D eigenvalue weighted by atomic mass is 10.1. The van der Waals surface area contributed by atoms with Crippen LogP contribution in [0.25, 0.3) is 0 Å². The largest absolute Gasteiger partial charge is 0.493 e. The highest BCUT2D eigenvalue weighted by atomic mass is 127. The van der Waals surface area contributed by atoms with Gasteiger partial charge in [0, 0.05) is 38.7 Å². The molecule has 0 amide bonds. The minimum atomic E-state index is -0.167. The molecule has 158 valence electrons. The molecule has 29 heavy (non-hydrogen) atoms. The Labute approximate surface area is 189 Å². The summed E-state index contributed by atoms with van der Waals surface area (Å²) >= 11 is 0. The summed E-state index contributed by atoms with van der Waals surface area (Å²) in [5.74, 6) is 1.59. The molecule has 0 aromatic heterocycles. The molecule has 7 heteroatoms. The standard InChI is InChI=1S/C22H29FN4O.HI/c1-24-22(25-10-8-16-5-7-21-18(12-16)9-11-28-21)26-14-17-4-6-20(23)19(13-17)15-27(2)3;/h4-7,12-13H,8-11,14-15H2,1-3H3,(H2,24,25,26);1H. The Hall–Kier alpha value is -1.87. The molecular weight excluding hydrogens is 482 g/mol. The van der Waals surface area contributed by atoms with Gasteiger partial charge in [-0.15, -0.1) is 24.0 Å². The Morgan fingerprint density at radius 3 is 2.69 bits per heavy atom. The van der Waals surface area contributed by atoms with Crippen molar-refractivity contribution in [3.63, 3.8) is 0 Å². The van der Waals surface area contributed by atoms with Crippen LogP contribution in [0.4, 0.5) is 4.39 Å². The number of hydrogen-bond acceptors (Lipinski definition) is 3. The second kappa shape index (κ2) is 11.3. The monoisotopic (exact) mass is 512 g/mol. The van der Waals surface area contributed by atoms with E-state index in [1.165, 1.54) is 17.2 Å². The lowest BCUT2D eigenvalue weighted by Gasteiger charge is -2.14. The van der Waals surface area contributed by atoms with Gasteiger partial charge < -0.3 is 20.3 Å². The first kappa shape index (κ1) is 23.4. The number of nitrogens with zero attached hydrogens (tertiary/aromatic N) is 2. The number of aliphatic imine (C=N–C) groups is 1. The molecule has 5 nitrogen and oxygen atoms in total. The van der Waals surface area contributed by atoms with Crippen molar-refractivity contribution in [1.29, 1.82) is 0 Å². The van der Waals surface area contributed by atoms with Crippen LogP contribution in [0.5, 0.6) is 5.75 Å². The van der Waals surface area contributed by atoms with E-state index in [1.54, 1.807) is 13.1 Å². The molecule has 0 bridgehead atoms. The van der Waals surface area contributed by atoms with E-state index in [4.69, 9.17) is 4.74 Å². The lowest BCUT2D eigenvalue weighted by molar-refractivity contribution is 0.357. The van der Waals surface area contributed by atoms with Crippen LogP contribution in [0.15, 0.2) is 41.4 Å². The van der Waals surface area contributed by atoms with Crippen molar-refractivity contribution in [2.75, 3.05) is 34.3 Å². The van der Waals surface area contributed by atoms with Crippen LogP contribution in [-0.2, 0) is 25.9 Å². The predicted molar refractivity (Wildman–Crippen MR) is 127 cm³/mol. The van der Waals surface area contributed by atoms with Crippen molar-refractivity contribution in [3.8, 4) is 5.75 Å². The van der Waals surface area contributed by atoms with Gasteiger partial charge in [0.15, 0.2) is 5.96 Å². The number of guanidine groups is 1. The Balaban J connectivity index is 0.00000300. The molecule has 0 atom stereocenters. The van der Waals surface area contributed by atoms with E-state index >= 15 is 0 Å². The molecule has 2 N–H and O–H groups in total. The number of hydrogen-bond donors (Lipinski definition) is 2. The Kier molecular flexibility index (Phi) is 9.16. The molecule has 1 aliphatic heterocycles. The van der Waals surface area contributed by atoms with Gasteiger partial charge in [0.05, 0.1) is 6.61 Å². The van der Waals surface area contributed by atoms with Crippen LogP contribution in [0, 0.1) is 5.82 Å². The summed E-state index contributed by atoms with van der Waals surface area (Å²) in [7, 11) is 5.62. The fourth-order valence-corrected chi connectivity index (χ4v) is 3.33. The zero-order valence-electron chi connectivity index (χ0n) is 17.3. The van der Waals surface area contributed by atoms with E-state index in [0.717, 1.165) is 43.3 Å². The summed E-state index contributed by atoms with van der Waals surface area (Å²) < 4.78 is 19.5. The minimum absolute atomic E-state index is 0. The molecule has 0 spiro atoms. The summed E-state index contributed by atoms with van der Waals surface area (Å²) in [5.41, 5.74) is 4.32. The van der Waals surface area contributed by atoms with Crippen molar-refractivity contribution in [2.45, 2.75) is 25.9 Å². The molecule has 2 aromatic carbocycles. The average Bonchev–Trinajstić information content (AvgIpc) is 3.14. The number of halogens is 2. The van der Waals surface area contributed by atoms with Crippen molar-refractivity contribution >= 4 is 29.9 Å². The molecule has 2 aromatic rings. The molecule has 1 aliphatic rings. The fourth-order valence-electron chi connectivity index (χ4n) is 3.33.